The van der Waals surface area contributed by atoms with E-state index in [9.17, 15) is 4.79 Å². The van der Waals surface area contributed by atoms with Crippen molar-refractivity contribution >= 4 is 11.7 Å². The third-order valence-corrected chi connectivity index (χ3v) is 5.47. The van der Waals surface area contributed by atoms with Crippen LogP contribution >= 0.6 is 0 Å². The van der Waals surface area contributed by atoms with E-state index < -0.39 is 0 Å². The maximum Gasteiger partial charge on any atom is 0.223 e. The molecule has 0 unspecified atom stereocenters. The van der Waals surface area contributed by atoms with Gasteiger partial charge in [-0.2, -0.15) is 5.10 Å². The SMILES string of the molecule is Cn1nccc1CCC(=O)N1CC[C@@H](Oc2cccnc2N2CCCC2)C1. The average molecular weight is 369 g/mol. The Kier molecular flexibility index (Phi) is 5.27. The monoisotopic (exact) mass is 369 g/mol. The molecule has 4 rings (SSSR count). The predicted octanol–water partition coefficient (Wildman–Crippen LogP) is 2.03. The van der Waals surface area contributed by atoms with Crippen LogP contribution < -0.4 is 9.64 Å². The lowest BCUT2D eigenvalue weighted by Gasteiger charge is -2.22. The lowest BCUT2D eigenvalue weighted by molar-refractivity contribution is -0.130. The molecule has 2 aliphatic rings. The zero-order valence-corrected chi connectivity index (χ0v) is 15.9. The number of hydrogen-bond donors (Lipinski definition) is 0. The number of nitrogens with zero attached hydrogens (tertiary/aromatic N) is 5. The quantitative estimate of drug-likeness (QED) is 0.780. The first-order valence-corrected chi connectivity index (χ1v) is 9.82. The highest BCUT2D eigenvalue weighted by molar-refractivity contribution is 5.76. The number of likely N-dealkylation sites (tertiary alicyclic amines) is 1. The van der Waals surface area contributed by atoms with Crippen LogP contribution in [-0.4, -0.2) is 57.9 Å². The summed E-state index contributed by atoms with van der Waals surface area (Å²) in [6.45, 7) is 3.49. The van der Waals surface area contributed by atoms with Gasteiger partial charge in [0, 0.05) is 57.6 Å². The third-order valence-electron chi connectivity index (χ3n) is 5.47. The van der Waals surface area contributed by atoms with E-state index in [1.807, 2.05) is 41.0 Å². The highest BCUT2D eigenvalue weighted by atomic mass is 16.5. The standard InChI is InChI=1S/C20H27N5O2/c1-23-16(8-11-22-23)6-7-19(26)25-14-9-17(15-25)27-18-5-4-10-21-20(18)24-12-2-3-13-24/h4-5,8,10-11,17H,2-3,6-7,9,12-15H2,1H3/t17-/m1/s1. The van der Waals surface area contributed by atoms with Gasteiger partial charge in [-0.15, -0.1) is 0 Å². The molecule has 4 heterocycles. The van der Waals surface area contributed by atoms with Crippen LogP contribution in [-0.2, 0) is 18.3 Å². The largest absolute Gasteiger partial charge is 0.485 e. The molecule has 1 amide bonds. The van der Waals surface area contributed by atoms with Gasteiger partial charge >= 0.3 is 0 Å². The fourth-order valence-corrected chi connectivity index (χ4v) is 3.91. The summed E-state index contributed by atoms with van der Waals surface area (Å²) < 4.78 is 8.08. The van der Waals surface area contributed by atoms with Crippen LogP contribution in [0.3, 0.4) is 0 Å². The van der Waals surface area contributed by atoms with Crippen LogP contribution in [0.5, 0.6) is 5.75 Å². The molecule has 7 nitrogen and oxygen atoms in total. The van der Waals surface area contributed by atoms with Crippen LogP contribution in [0.15, 0.2) is 30.6 Å². The molecule has 27 heavy (non-hydrogen) atoms. The Balaban J connectivity index is 1.32. The summed E-state index contributed by atoms with van der Waals surface area (Å²) in [6.07, 6.45) is 8.14. The number of anilines is 1. The fourth-order valence-electron chi connectivity index (χ4n) is 3.91. The molecule has 2 aliphatic heterocycles. The molecule has 0 N–H and O–H groups in total. The summed E-state index contributed by atoms with van der Waals surface area (Å²) in [4.78, 5) is 21.3. The topological polar surface area (TPSA) is 63.5 Å². The van der Waals surface area contributed by atoms with E-state index in [4.69, 9.17) is 4.74 Å². The van der Waals surface area contributed by atoms with Gasteiger partial charge in [-0.3, -0.25) is 9.48 Å². The van der Waals surface area contributed by atoms with Crippen molar-refractivity contribution in [1.29, 1.82) is 0 Å². The number of pyridine rings is 1. The number of aryl methyl sites for hydroxylation is 2. The van der Waals surface area contributed by atoms with Crippen LogP contribution in [0.4, 0.5) is 5.82 Å². The van der Waals surface area contributed by atoms with Crippen molar-refractivity contribution in [2.45, 2.75) is 38.2 Å². The second-order valence-corrected chi connectivity index (χ2v) is 7.33. The molecule has 0 spiro atoms. The van der Waals surface area contributed by atoms with E-state index in [0.717, 1.165) is 49.7 Å². The Bertz CT molecular complexity index is 784. The minimum atomic E-state index is 0.0382. The molecule has 0 radical (unpaired) electrons. The van der Waals surface area contributed by atoms with Crippen LogP contribution in [0.1, 0.15) is 31.4 Å². The maximum atomic E-state index is 12.5. The molecule has 0 aliphatic carbocycles. The van der Waals surface area contributed by atoms with Gasteiger partial charge in [0.1, 0.15) is 6.10 Å². The summed E-state index contributed by atoms with van der Waals surface area (Å²) in [6, 6.07) is 5.87. The molecular formula is C20H27N5O2. The molecule has 0 saturated carbocycles. The maximum absolute atomic E-state index is 12.5. The van der Waals surface area contributed by atoms with Gasteiger partial charge in [-0.05, 0) is 37.5 Å². The summed E-state index contributed by atoms with van der Waals surface area (Å²) in [5, 5.41) is 4.15. The molecule has 2 aromatic rings. The molecule has 2 saturated heterocycles. The smallest absolute Gasteiger partial charge is 0.223 e. The Morgan fingerprint density at radius 3 is 2.85 bits per heavy atom. The minimum absolute atomic E-state index is 0.0382. The van der Waals surface area contributed by atoms with Crippen LogP contribution in [0, 0.1) is 0 Å². The minimum Gasteiger partial charge on any atom is -0.485 e. The van der Waals surface area contributed by atoms with Crippen molar-refractivity contribution in [2.24, 2.45) is 7.05 Å². The fraction of sp³-hybridized carbons (Fsp3) is 0.550. The van der Waals surface area contributed by atoms with E-state index in [1.165, 1.54) is 12.8 Å². The van der Waals surface area contributed by atoms with E-state index in [1.54, 1.807) is 6.20 Å². The predicted molar refractivity (Wildman–Crippen MR) is 103 cm³/mol. The third kappa shape index (κ3) is 4.07. The average Bonchev–Trinajstić information content (AvgIpc) is 3.43. The van der Waals surface area contributed by atoms with E-state index >= 15 is 0 Å². The van der Waals surface area contributed by atoms with Crippen molar-refractivity contribution in [3.8, 4) is 5.75 Å². The number of carbonyl (C=O) groups is 1. The summed E-state index contributed by atoms with van der Waals surface area (Å²) >= 11 is 0. The number of hydrogen-bond acceptors (Lipinski definition) is 5. The van der Waals surface area contributed by atoms with Gasteiger partial charge in [0.15, 0.2) is 11.6 Å². The Hall–Kier alpha value is -2.57. The Labute approximate surface area is 159 Å². The molecule has 1 atom stereocenters. The normalized spacial score (nSPS) is 19.7. The van der Waals surface area contributed by atoms with E-state index in [0.29, 0.717) is 13.0 Å². The first-order chi connectivity index (χ1) is 13.2. The van der Waals surface area contributed by atoms with Gasteiger partial charge < -0.3 is 14.5 Å². The number of rotatable bonds is 6. The van der Waals surface area contributed by atoms with Crippen molar-refractivity contribution in [2.75, 3.05) is 31.1 Å². The van der Waals surface area contributed by atoms with Crippen LogP contribution in [0.2, 0.25) is 0 Å². The number of carbonyl (C=O) groups excluding carboxylic acids is 1. The molecule has 2 aromatic heterocycles. The van der Waals surface area contributed by atoms with Crippen molar-refractivity contribution in [1.82, 2.24) is 19.7 Å². The van der Waals surface area contributed by atoms with Crippen molar-refractivity contribution in [3.63, 3.8) is 0 Å². The second-order valence-electron chi connectivity index (χ2n) is 7.33. The number of ether oxygens (including phenoxy) is 1. The van der Waals surface area contributed by atoms with E-state index in [2.05, 4.69) is 15.0 Å². The Morgan fingerprint density at radius 2 is 2.07 bits per heavy atom. The van der Waals surface area contributed by atoms with Crippen molar-refractivity contribution in [3.05, 3.63) is 36.3 Å². The van der Waals surface area contributed by atoms with E-state index in [-0.39, 0.29) is 12.0 Å². The summed E-state index contributed by atoms with van der Waals surface area (Å²) in [5.41, 5.74) is 1.08. The van der Waals surface area contributed by atoms with Crippen molar-refractivity contribution < 1.29 is 9.53 Å². The van der Waals surface area contributed by atoms with Gasteiger partial charge in [0.25, 0.3) is 0 Å². The lowest BCUT2D eigenvalue weighted by Crippen LogP contribution is -2.31. The lowest BCUT2D eigenvalue weighted by atomic mass is 10.2. The van der Waals surface area contributed by atoms with Gasteiger partial charge in [-0.1, -0.05) is 0 Å². The first-order valence-electron chi connectivity index (χ1n) is 9.82. The summed E-state index contributed by atoms with van der Waals surface area (Å²) in [5.74, 6) is 1.97. The molecule has 144 valence electrons. The number of amides is 1. The molecule has 0 bridgehead atoms. The van der Waals surface area contributed by atoms with Gasteiger partial charge in [-0.25, -0.2) is 4.98 Å². The Morgan fingerprint density at radius 1 is 1.22 bits per heavy atom. The zero-order chi connectivity index (χ0) is 18.6. The highest BCUT2D eigenvalue weighted by Crippen LogP contribution is 2.30. The molecule has 7 heteroatoms. The molecule has 0 aromatic carbocycles. The zero-order valence-electron chi connectivity index (χ0n) is 15.9. The van der Waals surface area contributed by atoms with Gasteiger partial charge in [0.2, 0.25) is 5.91 Å². The van der Waals surface area contributed by atoms with Crippen LogP contribution in [0.25, 0.3) is 0 Å². The summed E-state index contributed by atoms with van der Waals surface area (Å²) in [7, 11) is 1.91. The van der Waals surface area contributed by atoms with Gasteiger partial charge in [0.05, 0.1) is 6.54 Å². The number of aromatic nitrogens is 3. The first kappa shape index (κ1) is 17.8. The highest BCUT2D eigenvalue weighted by Gasteiger charge is 2.29. The molecular weight excluding hydrogens is 342 g/mol. The second kappa shape index (κ2) is 7.98. The molecule has 2 fully saturated rings.